The molecule has 1 rings (SSSR count). The summed E-state index contributed by atoms with van der Waals surface area (Å²) in [6, 6.07) is 0. The van der Waals surface area contributed by atoms with E-state index in [1.165, 1.54) is 0 Å². The smallest absolute Gasteiger partial charge is 0.225 e. The van der Waals surface area contributed by atoms with Crippen molar-refractivity contribution in [1.82, 2.24) is 4.90 Å². The van der Waals surface area contributed by atoms with Crippen molar-refractivity contribution in [3.8, 4) is 0 Å². The molecule has 1 saturated heterocycles. The molecule has 0 spiro atoms. The number of carbonyl (C=O) groups is 1. The van der Waals surface area contributed by atoms with Crippen LogP contribution in [0.4, 0.5) is 0 Å². The predicted molar refractivity (Wildman–Crippen MR) is 64.6 cm³/mol. The second-order valence-electron chi connectivity index (χ2n) is 4.86. The van der Waals surface area contributed by atoms with Crippen molar-refractivity contribution in [2.24, 2.45) is 5.92 Å². The molecule has 1 amide bonds. The van der Waals surface area contributed by atoms with Gasteiger partial charge >= 0.3 is 0 Å². The van der Waals surface area contributed by atoms with Gasteiger partial charge in [-0.05, 0) is 0 Å². The molecule has 3 nitrogen and oxygen atoms in total. The van der Waals surface area contributed by atoms with E-state index >= 15 is 0 Å². The van der Waals surface area contributed by atoms with Gasteiger partial charge in [0.2, 0.25) is 5.91 Å². The number of rotatable bonds is 1. The first-order valence-corrected chi connectivity index (χ1v) is 6.03. The minimum absolute atomic E-state index is 0.147. The van der Waals surface area contributed by atoms with Crippen LogP contribution in [-0.4, -0.2) is 55.6 Å². The molecule has 0 unspecified atom stereocenters. The zero-order chi connectivity index (χ0) is 12.1. The number of hydrogen-bond donors (Lipinski definition) is 0. The second kappa shape index (κ2) is 6.11. The lowest BCUT2D eigenvalue weighted by atomic mass is 10.1. The summed E-state index contributed by atoms with van der Waals surface area (Å²) in [6.07, 6.45) is 0. The Hall–Kier alpha value is -0.570. The molecule has 15 heavy (non-hydrogen) atoms. The number of likely N-dealkylation sites (N-methyl/N-ethyl adjacent to an activating group) is 1. The Balaban J connectivity index is 0.000000921. The van der Waals surface area contributed by atoms with Crippen LogP contribution in [0.2, 0.25) is 0 Å². The van der Waals surface area contributed by atoms with E-state index in [2.05, 4.69) is 14.1 Å². The molecule has 90 valence electrons. The number of amides is 1. The zero-order valence-corrected chi connectivity index (χ0v) is 11.2. The summed E-state index contributed by atoms with van der Waals surface area (Å²) in [7, 11) is 4.44. The molecule has 0 aromatic heterocycles. The first-order chi connectivity index (χ1) is 6.92. The van der Waals surface area contributed by atoms with E-state index < -0.39 is 0 Å². The zero-order valence-electron chi connectivity index (χ0n) is 11.2. The Bertz CT molecular complexity index is 190. The number of quaternary nitrogens is 1. The minimum atomic E-state index is 0.147. The summed E-state index contributed by atoms with van der Waals surface area (Å²) in [5.74, 6) is 0.452. The van der Waals surface area contributed by atoms with Crippen molar-refractivity contribution in [3.05, 3.63) is 0 Å². The van der Waals surface area contributed by atoms with Crippen molar-refractivity contribution in [2.45, 2.75) is 27.7 Å². The van der Waals surface area contributed by atoms with Crippen LogP contribution >= 0.6 is 0 Å². The van der Waals surface area contributed by atoms with E-state index in [4.69, 9.17) is 0 Å². The van der Waals surface area contributed by atoms with Gasteiger partial charge in [0.05, 0.1) is 40.3 Å². The first kappa shape index (κ1) is 14.4. The van der Waals surface area contributed by atoms with Crippen molar-refractivity contribution < 1.29 is 9.28 Å². The highest BCUT2D eigenvalue weighted by molar-refractivity contribution is 5.78. The standard InChI is InChI=1S/C10H21N2O.C2H6/c1-9(2)10(13)11-5-7-12(3,4)8-6-11;1-2/h9H,5-8H2,1-4H3;1-2H3/q+1;. The number of hydrogen-bond acceptors (Lipinski definition) is 1. The van der Waals surface area contributed by atoms with Crippen molar-refractivity contribution >= 4 is 5.91 Å². The number of carbonyl (C=O) groups excluding carboxylic acids is 1. The average molecular weight is 215 g/mol. The molecule has 0 bridgehead atoms. The average Bonchev–Trinajstić information content (AvgIpc) is 2.20. The van der Waals surface area contributed by atoms with Crippen LogP contribution in [0.25, 0.3) is 0 Å². The summed E-state index contributed by atoms with van der Waals surface area (Å²) < 4.78 is 1.04. The summed E-state index contributed by atoms with van der Waals surface area (Å²) in [5, 5.41) is 0. The maximum Gasteiger partial charge on any atom is 0.225 e. The highest BCUT2D eigenvalue weighted by atomic mass is 16.2. The largest absolute Gasteiger partial charge is 0.331 e. The molecule has 0 aliphatic carbocycles. The molecule has 0 N–H and O–H groups in total. The fourth-order valence-corrected chi connectivity index (χ4v) is 1.59. The molecule has 0 aromatic carbocycles. The Morgan fingerprint density at radius 3 is 1.87 bits per heavy atom. The van der Waals surface area contributed by atoms with Crippen molar-refractivity contribution in [2.75, 3.05) is 40.3 Å². The Morgan fingerprint density at radius 2 is 1.53 bits per heavy atom. The van der Waals surface area contributed by atoms with Gasteiger partial charge in [-0.2, -0.15) is 0 Å². The Morgan fingerprint density at radius 1 is 1.13 bits per heavy atom. The maximum atomic E-state index is 11.6. The normalized spacial score (nSPS) is 19.5. The molecule has 0 atom stereocenters. The van der Waals surface area contributed by atoms with Gasteiger partial charge in [-0.25, -0.2) is 0 Å². The van der Waals surface area contributed by atoms with Crippen LogP contribution in [0.15, 0.2) is 0 Å². The fraction of sp³-hybridized carbons (Fsp3) is 0.917. The molecule has 1 aliphatic rings. The number of piperazine rings is 1. The predicted octanol–water partition coefficient (Wildman–Crippen LogP) is 1.59. The minimum Gasteiger partial charge on any atom is -0.331 e. The van der Waals surface area contributed by atoms with Crippen molar-refractivity contribution in [3.63, 3.8) is 0 Å². The second-order valence-corrected chi connectivity index (χ2v) is 4.86. The summed E-state index contributed by atoms with van der Waals surface area (Å²) in [4.78, 5) is 13.6. The monoisotopic (exact) mass is 215 g/mol. The van der Waals surface area contributed by atoms with E-state index in [0.717, 1.165) is 30.7 Å². The molecule has 1 heterocycles. The Labute approximate surface area is 94.6 Å². The van der Waals surface area contributed by atoms with Crippen LogP contribution in [0.1, 0.15) is 27.7 Å². The van der Waals surface area contributed by atoms with E-state index in [0.29, 0.717) is 5.91 Å². The van der Waals surface area contributed by atoms with Crippen molar-refractivity contribution in [1.29, 1.82) is 0 Å². The molecule has 1 aliphatic heterocycles. The molecule has 0 aromatic rings. The summed E-state index contributed by atoms with van der Waals surface area (Å²) in [6.45, 7) is 11.9. The van der Waals surface area contributed by atoms with Gasteiger partial charge in [-0.3, -0.25) is 4.79 Å². The molecule has 1 fully saturated rings. The molecule has 0 radical (unpaired) electrons. The lowest BCUT2D eigenvalue weighted by molar-refractivity contribution is -0.894. The third kappa shape index (κ3) is 4.65. The lowest BCUT2D eigenvalue weighted by Crippen LogP contribution is -2.56. The van der Waals surface area contributed by atoms with Crippen LogP contribution < -0.4 is 0 Å². The van der Waals surface area contributed by atoms with Gasteiger partial charge in [-0.1, -0.05) is 27.7 Å². The van der Waals surface area contributed by atoms with E-state index in [1.807, 2.05) is 32.6 Å². The van der Waals surface area contributed by atoms with E-state index in [1.54, 1.807) is 0 Å². The maximum absolute atomic E-state index is 11.6. The summed E-state index contributed by atoms with van der Waals surface area (Å²) >= 11 is 0. The van der Waals surface area contributed by atoms with E-state index in [-0.39, 0.29) is 5.92 Å². The lowest BCUT2D eigenvalue weighted by Gasteiger charge is -2.39. The van der Waals surface area contributed by atoms with Crippen LogP contribution in [0.3, 0.4) is 0 Å². The van der Waals surface area contributed by atoms with Gasteiger partial charge in [-0.15, -0.1) is 0 Å². The van der Waals surface area contributed by atoms with Gasteiger partial charge in [0.15, 0.2) is 0 Å². The van der Waals surface area contributed by atoms with Gasteiger partial charge < -0.3 is 9.38 Å². The fourth-order valence-electron chi connectivity index (χ4n) is 1.59. The molecule has 3 heteroatoms. The topological polar surface area (TPSA) is 20.3 Å². The molecule has 0 saturated carbocycles. The third-order valence-electron chi connectivity index (χ3n) is 2.76. The highest BCUT2D eigenvalue weighted by Gasteiger charge is 2.27. The molecular formula is C12H27N2O+. The van der Waals surface area contributed by atoms with Gasteiger partial charge in [0, 0.05) is 5.92 Å². The van der Waals surface area contributed by atoms with Gasteiger partial charge in [0.1, 0.15) is 0 Å². The first-order valence-electron chi connectivity index (χ1n) is 6.03. The summed E-state index contributed by atoms with van der Waals surface area (Å²) in [5.41, 5.74) is 0. The van der Waals surface area contributed by atoms with Crippen LogP contribution in [-0.2, 0) is 4.79 Å². The SMILES string of the molecule is CC.CC(C)C(=O)N1CC[N+](C)(C)CC1. The van der Waals surface area contributed by atoms with Gasteiger partial charge in [0.25, 0.3) is 0 Å². The van der Waals surface area contributed by atoms with Crippen LogP contribution in [0.5, 0.6) is 0 Å². The quantitative estimate of drug-likeness (QED) is 0.608. The number of nitrogens with zero attached hydrogens (tertiary/aromatic N) is 2. The molecular weight excluding hydrogens is 188 g/mol. The highest BCUT2D eigenvalue weighted by Crippen LogP contribution is 2.09. The Kier molecular flexibility index (Phi) is 5.88. The van der Waals surface area contributed by atoms with Crippen LogP contribution in [0, 0.1) is 5.92 Å². The van der Waals surface area contributed by atoms with E-state index in [9.17, 15) is 4.79 Å². The third-order valence-corrected chi connectivity index (χ3v) is 2.76.